The molecule has 4 atom stereocenters. The van der Waals surface area contributed by atoms with Gasteiger partial charge in [-0.05, 0) is 13.8 Å². The van der Waals surface area contributed by atoms with E-state index in [0.29, 0.717) is 0 Å². The molecule has 0 amide bonds. The van der Waals surface area contributed by atoms with Gasteiger partial charge in [-0.3, -0.25) is 23.7 Å². The van der Waals surface area contributed by atoms with Crippen LogP contribution in [0.15, 0.2) is 21.9 Å². The third-order valence-electron chi connectivity index (χ3n) is 4.83. The zero-order chi connectivity index (χ0) is 27.6. The van der Waals surface area contributed by atoms with Gasteiger partial charge < -0.3 is 23.7 Å². The average molecular weight is 574 g/mol. The SMILES string of the molecule is CC(=O)OC[C@H]1O[C@@H](n2ccc(=O)n(C(=O)OC(C)(C)C(Cl)(Cl)Cl)c2=O)[C@H](OC(C)=O)[C@@H]1OC(C)=O. The van der Waals surface area contributed by atoms with E-state index < -0.39 is 75.8 Å². The molecule has 0 aromatic carbocycles. The summed E-state index contributed by atoms with van der Waals surface area (Å²) >= 11 is 17.4. The van der Waals surface area contributed by atoms with Crippen molar-refractivity contribution in [2.75, 3.05) is 6.61 Å². The lowest BCUT2D eigenvalue weighted by atomic mass is 10.1. The lowest BCUT2D eigenvalue weighted by Gasteiger charge is -2.31. The van der Waals surface area contributed by atoms with Crippen LogP contribution < -0.4 is 11.2 Å². The van der Waals surface area contributed by atoms with Crippen LogP contribution in [0.3, 0.4) is 0 Å². The standard InChI is InChI=1S/C20H23Cl3N2O11/c1-9(26)32-8-12-14(33-10(2)27)15(34-11(3)28)16(35-12)24-7-6-13(29)25(17(24)30)18(31)36-19(4,5)20(21,22)23/h6-7,12,14-16H,8H2,1-5H3/t12-,14-,15-,16-/m1/s1. The molecule has 1 saturated heterocycles. The molecular weight excluding hydrogens is 551 g/mol. The fourth-order valence-electron chi connectivity index (χ4n) is 3.09. The van der Waals surface area contributed by atoms with Crippen LogP contribution in [-0.4, -0.2) is 67.4 Å². The van der Waals surface area contributed by atoms with Gasteiger partial charge in [-0.25, -0.2) is 9.59 Å². The van der Waals surface area contributed by atoms with Crippen LogP contribution in [-0.2, 0) is 38.1 Å². The largest absolute Gasteiger partial charge is 0.463 e. The molecule has 36 heavy (non-hydrogen) atoms. The van der Waals surface area contributed by atoms with Crippen LogP contribution in [0.2, 0.25) is 0 Å². The minimum absolute atomic E-state index is 0.104. The van der Waals surface area contributed by atoms with Crippen LogP contribution in [0.1, 0.15) is 40.8 Å². The number of alkyl halides is 3. The Hall–Kier alpha value is -2.61. The maximum Gasteiger partial charge on any atom is 0.425 e. The molecule has 0 saturated carbocycles. The van der Waals surface area contributed by atoms with Crippen molar-refractivity contribution in [1.29, 1.82) is 0 Å². The number of aromatic nitrogens is 2. The summed E-state index contributed by atoms with van der Waals surface area (Å²) < 4.78 is 24.9. The summed E-state index contributed by atoms with van der Waals surface area (Å²) in [6, 6.07) is 0.833. The van der Waals surface area contributed by atoms with Crippen LogP contribution in [0.5, 0.6) is 0 Å². The normalized spacial score (nSPS) is 22.0. The minimum Gasteiger partial charge on any atom is -0.463 e. The van der Waals surface area contributed by atoms with Crippen LogP contribution in [0, 0.1) is 0 Å². The first-order valence-corrected chi connectivity index (χ1v) is 11.4. The van der Waals surface area contributed by atoms with Gasteiger partial charge in [-0.1, -0.05) is 34.8 Å². The molecule has 0 bridgehead atoms. The van der Waals surface area contributed by atoms with Crippen molar-refractivity contribution in [3.05, 3.63) is 33.1 Å². The Kier molecular flexibility index (Phi) is 9.21. The predicted octanol–water partition coefficient (Wildman–Crippen LogP) is 1.47. The lowest BCUT2D eigenvalue weighted by Crippen LogP contribution is -2.50. The Labute approximate surface area is 219 Å². The van der Waals surface area contributed by atoms with E-state index in [1.54, 1.807) is 0 Å². The van der Waals surface area contributed by atoms with Gasteiger partial charge in [-0.15, -0.1) is 0 Å². The van der Waals surface area contributed by atoms with Crippen molar-refractivity contribution in [2.45, 2.75) is 68.6 Å². The maximum absolute atomic E-state index is 13.2. The Morgan fingerprint density at radius 1 is 0.972 bits per heavy atom. The molecule has 2 rings (SSSR count). The number of carbonyl (C=O) groups excluding carboxylic acids is 4. The van der Waals surface area contributed by atoms with E-state index in [0.717, 1.165) is 37.6 Å². The zero-order valence-electron chi connectivity index (χ0n) is 19.7. The summed E-state index contributed by atoms with van der Waals surface area (Å²) in [5.41, 5.74) is -4.12. The molecule has 1 fully saturated rings. The molecule has 1 aromatic heterocycles. The number of hydrogen-bond acceptors (Lipinski definition) is 11. The van der Waals surface area contributed by atoms with Crippen LogP contribution in [0.4, 0.5) is 4.79 Å². The molecule has 1 aliphatic heterocycles. The van der Waals surface area contributed by atoms with Gasteiger partial charge in [0, 0.05) is 33.0 Å². The molecule has 2 heterocycles. The number of carbonyl (C=O) groups is 4. The molecule has 0 spiro atoms. The fraction of sp³-hybridized carbons (Fsp3) is 0.600. The summed E-state index contributed by atoms with van der Waals surface area (Å²) in [5.74, 6) is -2.30. The van der Waals surface area contributed by atoms with Crippen molar-refractivity contribution in [2.24, 2.45) is 0 Å². The Morgan fingerprint density at radius 2 is 1.53 bits per heavy atom. The van der Waals surface area contributed by atoms with Crippen molar-refractivity contribution < 1.29 is 42.9 Å². The lowest BCUT2D eigenvalue weighted by molar-refractivity contribution is -0.166. The third kappa shape index (κ3) is 6.78. The molecule has 0 aliphatic carbocycles. The van der Waals surface area contributed by atoms with Gasteiger partial charge in [0.05, 0.1) is 0 Å². The van der Waals surface area contributed by atoms with Gasteiger partial charge in [0.1, 0.15) is 12.7 Å². The molecule has 13 nitrogen and oxygen atoms in total. The summed E-state index contributed by atoms with van der Waals surface area (Å²) in [5, 5.41) is 0. The highest BCUT2D eigenvalue weighted by Crippen LogP contribution is 2.40. The monoisotopic (exact) mass is 572 g/mol. The average Bonchev–Trinajstić information content (AvgIpc) is 3.01. The number of halogens is 3. The number of nitrogens with zero attached hydrogens (tertiary/aromatic N) is 2. The first-order valence-electron chi connectivity index (χ1n) is 10.2. The first kappa shape index (κ1) is 29.6. The topological polar surface area (TPSA) is 158 Å². The smallest absolute Gasteiger partial charge is 0.425 e. The summed E-state index contributed by atoms with van der Waals surface area (Å²) in [4.78, 5) is 73.1. The molecular formula is C20H23Cl3N2O11. The summed E-state index contributed by atoms with van der Waals surface area (Å²) in [6.07, 6.45) is -5.97. The van der Waals surface area contributed by atoms with Crippen molar-refractivity contribution in [3.8, 4) is 0 Å². The van der Waals surface area contributed by atoms with Crippen molar-refractivity contribution >= 4 is 58.8 Å². The highest BCUT2D eigenvalue weighted by Gasteiger charge is 2.51. The number of esters is 3. The molecule has 0 N–H and O–H groups in total. The number of rotatable bonds is 6. The van der Waals surface area contributed by atoms with E-state index in [1.165, 1.54) is 13.8 Å². The fourth-order valence-corrected chi connectivity index (χ4v) is 3.21. The van der Waals surface area contributed by atoms with Gasteiger partial charge in [-0.2, -0.15) is 4.57 Å². The highest BCUT2D eigenvalue weighted by atomic mass is 35.6. The number of hydrogen-bond donors (Lipinski definition) is 0. The van der Waals surface area contributed by atoms with E-state index >= 15 is 0 Å². The van der Waals surface area contributed by atoms with E-state index in [1.807, 2.05) is 0 Å². The van der Waals surface area contributed by atoms with Crippen LogP contribution >= 0.6 is 34.8 Å². The highest BCUT2D eigenvalue weighted by molar-refractivity contribution is 6.68. The Bertz CT molecular complexity index is 1150. The Balaban J connectivity index is 2.57. The third-order valence-corrected chi connectivity index (χ3v) is 6.20. The van der Waals surface area contributed by atoms with E-state index in [4.69, 9.17) is 58.5 Å². The van der Waals surface area contributed by atoms with Crippen LogP contribution in [0.25, 0.3) is 0 Å². The second-order valence-electron chi connectivity index (χ2n) is 8.07. The summed E-state index contributed by atoms with van der Waals surface area (Å²) in [6.45, 7) is 5.31. The first-order chi connectivity index (χ1) is 16.5. The quantitative estimate of drug-likeness (QED) is 0.275. The second-order valence-corrected chi connectivity index (χ2v) is 10.4. The molecule has 0 radical (unpaired) electrons. The van der Waals surface area contributed by atoms with Crippen molar-refractivity contribution in [1.82, 2.24) is 9.13 Å². The zero-order valence-corrected chi connectivity index (χ0v) is 22.0. The van der Waals surface area contributed by atoms with Gasteiger partial charge in [0.25, 0.3) is 5.56 Å². The molecule has 0 unspecified atom stereocenters. The number of ether oxygens (including phenoxy) is 5. The van der Waals surface area contributed by atoms with Gasteiger partial charge >= 0.3 is 29.7 Å². The molecule has 1 aliphatic rings. The molecule has 16 heteroatoms. The summed E-state index contributed by atoms with van der Waals surface area (Å²) in [7, 11) is 0. The van der Waals surface area contributed by atoms with E-state index in [9.17, 15) is 28.8 Å². The van der Waals surface area contributed by atoms with E-state index in [-0.39, 0.29) is 4.57 Å². The minimum atomic E-state index is -2.11. The van der Waals surface area contributed by atoms with Gasteiger partial charge in [0.2, 0.25) is 3.79 Å². The van der Waals surface area contributed by atoms with Gasteiger partial charge in [0.15, 0.2) is 24.0 Å². The predicted molar refractivity (Wildman–Crippen MR) is 123 cm³/mol. The van der Waals surface area contributed by atoms with E-state index in [2.05, 4.69) is 0 Å². The van der Waals surface area contributed by atoms with Crippen molar-refractivity contribution in [3.63, 3.8) is 0 Å². The second kappa shape index (κ2) is 11.2. The Morgan fingerprint density at radius 3 is 2.03 bits per heavy atom. The maximum atomic E-state index is 13.2. The molecule has 200 valence electrons. The molecule has 1 aromatic rings.